The van der Waals surface area contributed by atoms with Crippen LogP contribution in [0.15, 0.2) is 24.3 Å². The van der Waals surface area contributed by atoms with Crippen LogP contribution in [0.3, 0.4) is 0 Å². The van der Waals surface area contributed by atoms with Crippen molar-refractivity contribution in [1.82, 2.24) is 4.90 Å². The molecule has 4 rings (SSSR count). The summed E-state index contributed by atoms with van der Waals surface area (Å²) in [6.07, 6.45) is 3.40. The number of benzene rings is 1. The number of nitrogens with zero attached hydrogens (tertiary/aromatic N) is 1. The van der Waals surface area contributed by atoms with E-state index in [1.54, 1.807) is 0 Å². The first kappa shape index (κ1) is 10.8. The van der Waals surface area contributed by atoms with Crippen LogP contribution in [0.5, 0.6) is 5.75 Å². The molecule has 96 valence electrons. The average Bonchev–Trinajstić information content (AvgIpc) is 2.80. The lowest BCUT2D eigenvalue weighted by Gasteiger charge is -2.47. The van der Waals surface area contributed by atoms with Crippen molar-refractivity contribution in [3.63, 3.8) is 0 Å². The second-order valence-corrected chi connectivity index (χ2v) is 6.05. The molecule has 1 spiro atoms. The third-order valence-corrected chi connectivity index (χ3v) is 5.06. The molecule has 18 heavy (non-hydrogen) atoms. The monoisotopic (exact) mass is 244 g/mol. The first-order valence-electron chi connectivity index (χ1n) is 7.03. The molecule has 2 N–H and O–H groups in total. The minimum absolute atomic E-state index is 0.0147. The smallest absolute Gasteiger partial charge is 0.124 e. The van der Waals surface area contributed by atoms with E-state index in [0.29, 0.717) is 5.92 Å². The number of ether oxygens (including phenoxy) is 1. The highest BCUT2D eigenvalue weighted by molar-refractivity contribution is 5.39. The van der Waals surface area contributed by atoms with E-state index in [-0.39, 0.29) is 11.6 Å². The molecular weight excluding hydrogens is 224 g/mol. The molecule has 0 amide bonds. The lowest BCUT2D eigenvalue weighted by molar-refractivity contribution is -0.0439. The Bertz CT molecular complexity index is 475. The summed E-state index contributed by atoms with van der Waals surface area (Å²) in [5.74, 6) is 1.70. The number of piperidine rings is 1. The number of rotatable bonds is 0. The van der Waals surface area contributed by atoms with Crippen molar-refractivity contribution in [3.05, 3.63) is 29.8 Å². The molecule has 2 bridgehead atoms. The predicted molar refractivity (Wildman–Crippen MR) is 70.5 cm³/mol. The lowest BCUT2D eigenvalue weighted by Crippen LogP contribution is -2.53. The highest BCUT2D eigenvalue weighted by Crippen LogP contribution is 2.48. The molecule has 2 saturated heterocycles. The fourth-order valence-electron chi connectivity index (χ4n) is 4.04. The summed E-state index contributed by atoms with van der Waals surface area (Å²) in [5.41, 5.74) is 7.59. The first-order valence-corrected chi connectivity index (χ1v) is 7.03. The topological polar surface area (TPSA) is 38.5 Å². The van der Waals surface area contributed by atoms with Crippen LogP contribution in [0.1, 0.15) is 30.9 Å². The maximum Gasteiger partial charge on any atom is 0.124 e. The number of hydrogen-bond donors (Lipinski definition) is 1. The summed E-state index contributed by atoms with van der Waals surface area (Å²) >= 11 is 0. The lowest BCUT2D eigenvalue weighted by atomic mass is 9.75. The number of hydrogen-bond acceptors (Lipinski definition) is 3. The van der Waals surface area contributed by atoms with Crippen LogP contribution >= 0.6 is 0 Å². The van der Waals surface area contributed by atoms with Crippen molar-refractivity contribution < 1.29 is 4.74 Å². The van der Waals surface area contributed by atoms with Crippen LogP contribution in [-0.2, 0) is 0 Å². The van der Waals surface area contributed by atoms with Crippen molar-refractivity contribution in [2.75, 3.05) is 19.6 Å². The van der Waals surface area contributed by atoms with Gasteiger partial charge in [0, 0.05) is 43.5 Å². The SMILES string of the molecule is N[C@@H]1CC2(CCN3CCC2C3)Oc2ccccc21. The third kappa shape index (κ3) is 1.44. The number of fused-ring (bicyclic) bond motifs is 4. The van der Waals surface area contributed by atoms with E-state index in [2.05, 4.69) is 23.1 Å². The average molecular weight is 244 g/mol. The van der Waals surface area contributed by atoms with Crippen molar-refractivity contribution in [3.8, 4) is 5.75 Å². The summed E-state index contributed by atoms with van der Waals surface area (Å²) in [5, 5.41) is 0. The highest BCUT2D eigenvalue weighted by atomic mass is 16.5. The Hall–Kier alpha value is -1.06. The van der Waals surface area contributed by atoms with Gasteiger partial charge in [0.15, 0.2) is 0 Å². The highest BCUT2D eigenvalue weighted by Gasteiger charge is 2.51. The first-order chi connectivity index (χ1) is 8.77. The van der Waals surface area contributed by atoms with Crippen LogP contribution < -0.4 is 10.5 Å². The Labute approximate surface area is 108 Å². The molecule has 0 aliphatic carbocycles. The van der Waals surface area contributed by atoms with Gasteiger partial charge in [-0.25, -0.2) is 0 Å². The molecule has 0 radical (unpaired) electrons. The van der Waals surface area contributed by atoms with E-state index in [0.717, 1.165) is 18.6 Å². The molecule has 0 aromatic heterocycles. The van der Waals surface area contributed by atoms with E-state index in [1.165, 1.54) is 31.6 Å². The third-order valence-electron chi connectivity index (χ3n) is 5.06. The quantitative estimate of drug-likeness (QED) is 0.758. The summed E-state index contributed by atoms with van der Waals surface area (Å²) in [7, 11) is 0. The molecular formula is C15H20N2O. The van der Waals surface area contributed by atoms with Gasteiger partial charge in [0.05, 0.1) is 0 Å². The minimum Gasteiger partial charge on any atom is -0.486 e. The Kier molecular flexibility index (Phi) is 2.24. The Balaban J connectivity index is 1.72. The fraction of sp³-hybridized carbons (Fsp3) is 0.600. The van der Waals surface area contributed by atoms with Gasteiger partial charge in [0.25, 0.3) is 0 Å². The molecule has 2 fully saturated rings. The zero-order valence-electron chi connectivity index (χ0n) is 10.6. The zero-order chi connectivity index (χ0) is 12.2. The van der Waals surface area contributed by atoms with Crippen molar-refractivity contribution in [2.45, 2.75) is 30.9 Å². The van der Waals surface area contributed by atoms with Gasteiger partial charge in [0.2, 0.25) is 0 Å². The van der Waals surface area contributed by atoms with Crippen molar-refractivity contribution in [2.24, 2.45) is 11.7 Å². The molecule has 1 aromatic rings. The summed E-state index contributed by atoms with van der Waals surface area (Å²) < 4.78 is 6.45. The maximum atomic E-state index is 6.45. The van der Waals surface area contributed by atoms with Crippen LogP contribution in [-0.4, -0.2) is 30.1 Å². The van der Waals surface area contributed by atoms with E-state index < -0.39 is 0 Å². The van der Waals surface area contributed by atoms with Gasteiger partial charge in [-0.05, 0) is 19.0 Å². The van der Waals surface area contributed by atoms with E-state index >= 15 is 0 Å². The molecule has 3 unspecified atom stereocenters. The maximum absolute atomic E-state index is 6.45. The molecule has 3 aliphatic rings. The molecule has 3 heterocycles. The molecule has 1 aromatic carbocycles. The summed E-state index contributed by atoms with van der Waals surface area (Å²) in [6.45, 7) is 3.62. The largest absolute Gasteiger partial charge is 0.486 e. The summed E-state index contributed by atoms with van der Waals surface area (Å²) in [6, 6.07) is 8.43. The molecule has 3 nitrogen and oxygen atoms in total. The second-order valence-electron chi connectivity index (χ2n) is 6.05. The number of para-hydroxylation sites is 1. The van der Waals surface area contributed by atoms with E-state index in [9.17, 15) is 0 Å². The molecule has 3 aliphatic heterocycles. The Morgan fingerprint density at radius 3 is 3.11 bits per heavy atom. The van der Waals surface area contributed by atoms with Gasteiger partial charge < -0.3 is 15.4 Å². The van der Waals surface area contributed by atoms with Crippen molar-refractivity contribution in [1.29, 1.82) is 0 Å². The van der Waals surface area contributed by atoms with Crippen LogP contribution in [0.25, 0.3) is 0 Å². The standard InChI is InChI=1S/C15H20N2O/c16-13-9-15(6-8-17-7-5-11(15)10-17)18-14-4-2-1-3-12(13)14/h1-4,11,13H,5-10,16H2/t11?,13-,15?/m1/s1. The van der Waals surface area contributed by atoms with Gasteiger partial charge >= 0.3 is 0 Å². The van der Waals surface area contributed by atoms with Gasteiger partial charge in [-0.15, -0.1) is 0 Å². The normalized spacial score (nSPS) is 41.5. The van der Waals surface area contributed by atoms with Crippen molar-refractivity contribution >= 4 is 0 Å². The predicted octanol–water partition coefficient (Wildman–Crippen LogP) is 1.93. The van der Waals surface area contributed by atoms with E-state index in [4.69, 9.17) is 10.5 Å². The minimum atomic E-state index is 0.0147. The van der Waals surface area contributed by atoms with Crippen LogP contribution in [0, 0.1) is 5.92 Å². The second kappa shape index (κ2) is 3.72. The van der Waals surface area contributed by atoms with Gasteiger partial charge in [-0.3, -0.25) is 0 Å². The summed E-state index contributed by atoms with van der Waals surface area (Å²) in [4.78, 5) is 2.56. The Morgan fingerprint density at radius 1 is 1.28 bits per heavy atom. The van der Waals surface area contributed by atoms with Crippen LogP contribution in [0.4, 0.5) is 0 Å². The van der Waals surface area contributed by atoms with E-state index in [1.807, 2.05) is 6.07 Å². The Morgan fingerprint density at radius 2 is 2.17 bits per heavy atom. The van der Waals surface area contributed by atoms with Gasteiger partial charge in [-0.2, -0.15) is 0 Å². The zero-order valence-corrected chi connectivity index (χ0v) is 10.6. The molecule has 0 saturated carbocycles. The van der Waals surface area contributed by atoms with Gasteiger partial charge in [-0.1, -0.05) is 18.2 Å². The van der Waals surface area contributed by atoms with Crippen LogP contribution in [0.2, 0.25) is 0 Å². The molecule has 4 atom stereocenters. The number of nitrogens with two attached hydrogens (primary N) is 1. The molecule has 3 heteroatoms. The van der Waals surface area contributed by atoms with Gasteiger partial charge in [0.1, 0.15) is 11.4 Å². The fourth-order valence-corrected chi connectivity index (χ4v) is 4.04.